The molecule has 1 N–H and O–H groups in total. The summed E-state index contributed by atoms with van der Waals surface area (Å²) >= 11 is 7.12. The van der Waals surface area contributed by atoms with Gasteiger partial charge in [-0.1, -0.05) is 6.92 Å². The van der Waals surface area contributed by atoms with E-state index in [1.165, 1.54) is 14.9 Å². The van der Waals surface area contributed by atoms with Gasteiger partial charge in [0.25, 0.3) is 0 Å². The van der Waals surface area contributed by atoms with E-state index < -0.39 is 0 Å². The second-order valence-electron chi connectivity index (χ2n) is 3.85. The molecule has 92 valence electrons. The summed E-state index contributed by atoms with van der Waals surface area (Å²) in [6.07, 6.45) is 0. The Balaban J connectivity index is 2.42. The molecular formula is C12H15BrN2S2. The van der Waals surface area contributed by atoms with Gasteiger partial charge in [0.15, 0.2) is 0 Å². The lowest BCUT2D eigenvalue weighted by molar-refractivity contribution is 0.635. The van der Waals surface area contributed by atoms with Crippen LogP contribution in [-0.2, 0) is 0 Å². The molecule has 1 atom stereocenters. The Kier molecular flexibility index (Phi) is 4.36. The summed E-state index contributed by atoms with van der Waals surface area (Å²) in [4.78, 5) is 5.84. The molecule has 0 aliphatic carbocycles. The Morgan fingerprint density at radius 2 is 2.18 bits per heavy atom. The molecule has 5 heteroatoms. The van der Waals surface area contributed by atoms with Crippen molar-refractivity contribution >= 4 is 38.6 Å². The van der Waals surface area contributed by atoms with Crippen LogP contribution in [0.15, 0.2) is 15.2 Å². The molecule has 0 aromatic carbocycles. The third kappa shape index (κ3) is 2.78. The van der Waals surface area contributed by atoms with E-state index in [-0.39, 0.29) is 6.04 Å². The number of nitrogens with one attached hydrogen (secondary N) is 1. The highest BCUT2D eigenvalue weighted by Crippen LogP contribution is 2.35. The number of hydrogen-bond acceptors (Lipinski definition) is 4. The summed E-state index contributed by atoms with van der Waals surface area (Å²) < 4.78 is 1.18. The predicted octanol–water partition coefficient (Wildman–Crippen LogP) is 4.28. The number of rotatable bonds is 4. The minimum absolute atomic E-state index is 0.256. The number of nitrogens with zero attached hydrogens (tertiary/aromatic N) is 1. The van der Waals surface area contributed by atoms with Crippen molar-refractivity contribution < 1.29 is 0 Å². The molecule has 0 amide bonds. The molecule has 17 heavy (non-hydrogen) atoms. The van der Waals surface area contributed by atoms with Gasteiger partial charge in [-0.3, -0.25) is 0 Å². The molecule has 0 aliphatic heterocycles. The topological polar surface area (TPSA) is 24.9 Å². The molecule has 0 bridgehead atoms. The Bertz CT molecular complexity index is 504. The summed E-state index contributed by atoms with van der Waals surface area (Å²) in [7, 11) is 0. The van der Waals surface area contributed by atoms with Crippen LogP contribution in [0.2, 0.25) is 0 Å². The number of aryl methyl sites for hydroxylation is 2. The van der Waals surface area contributed by atoms with Crippen molar-refractivity contribution in [3.63, 3.8) is 0 Å². The zero-order valence-electron chi connectivity index (χ0n) is 10.1. The molecule has 2 aromatic heterocycles. The zero-order chi connectivity index (χ0) is 12.4. The maximum Gasteiger partial charge on any atom is 0.0900 e. The average Bonchev–Trinajstić information content (AvgIpc) is 2.82. The van der Waals surface area contributed by atoms with Crippen LogP contribution in [0.4, 0.5) is 0 Å². The number of halogens is 1. The molecule has 0 saturated heterocycles. The maximum atomic E-state index is 4.52. The van der Waals surface area contributed by atoms with E-state index in [4.69, 9.17) is 0 Å². The normalized spacial score (nSPS) is 12.9. The zero-order valence-corrected chi connectivity index (χ0v) is 13.3. The lowest BCUT2D eigenvalue weighted by Crippen LogP contribution is -2.21. The number of thiazole rings is 1. The second-order valence-corrected chi connectivity index (χ2v) is 6.68. The van der Waals surface area contributed by atoms with E-state index in [0.717, 1.165) is 17.2 Å². The SMILES string of the molecule is CCNC(c1cscc1Br)c1sc(C)nc1C. The summed E-state index contributed by atoms with van der Waals surface area (Å²) in [6, 6.07) is 0.256. The predicted molar refractivity (Wildman–Crippen MR) is 79.1 cm³/mol. The molecule has 2 rings (SSSR count). The Labute approximate surface area is 118 Å². The monoisotopic (exact) mass is 330 g/mol. The third-order valence-corrected chi connectivity index (χ3v) is 5.45. The van der Waals surface area contributed by atoms with E-state index in [0.29, 0.717) is 0 Å². The van der Waals surface area contributed by atoms with Crippen molar-refractivity contribution in [3.05, 3.63) is 36.4 Å². The van der Waals surface area contributed by atoms with Crippen LogP contribution in [-0.4, -0.2) is 11.5 Å². The van der Waals surface area contributed by atoms with Gasteiger partial charge < -0.3 is 5.32 Å². The maximum absolute atomic E-state index is 4.52. The fourth-order valence-electron chi connectivity index (χ4n) is 1.86. The first-order chi connectivity index (χ1) is 8.13. The van der Waals surface area contributed by atoms with E-state index in [9.17, 15) is 0 Å². The summed E-state index contributed by atoms with van der Waals surface area (Å²) in [5.41, 5.74) is 2.44. The number of hydrogen-bond donors (Lipinski definition) is 1. The minimum atomic E-state index is 0.256. The standard InChI is InChI=1S/C12H15BrN2S2/c1-4-14-11(9-5-16-6-10(9)13)12-7(2)15-8(3)17-12/h5-6,11,14H,4H2,1-3H3. The Morgan fingerprint density at radius 1 is 1.41 bits per heavy atom. The summed E-state index contributed by atoms with van der Waals surface area (Å²) in [5, 5.41) is 9.00. The van der Waals surface area contributed by atoms with E-state index in [2.05, 4.69) is 57.8 Å². The molecule has 0 radical (unpaired) electrons. The quantitative estimate of drug-likeness (QED) is 0.904. The molecule has 2 nitrogen and oxygen atoms in total. The van der Waals surface area contributed by atoms with Gasteiger partial charge in [-0.2, -0.15) is 11.3 Å². The Morgan fingerprint density at radius 3 is 2.65 bits per heavy atom. The molecule has 0 aliphatic rings. The lowest BCUT2D eigenvalue weighted by atomic mass is 10.1. The van der Waals surface area contributed by atoms with Crippen LogP contribution in [0.5, 0.6) is 0 Å². The van der Waals surface area contributed by atoms with Crippen molar-refractivity contribution in [1.29, 1.82) is 0 Å². The van der Waals surface area contributed by atoms with E-state index in [1.54, 1.807) is 22.7 Å². The summed E-state index contributed by atoms with van der Waals surface area (Å²) in [5.74, 6) is 0. The van der Waals surface area contributed by atoms with Gasteiger partial charge in [0.1, 0.15) is 0 Å². The van der Waals surface area contributed by atoms with Gasteiger partial charge in [-0.05, 0) is 47.3 Å². The van der Waals surface area contributed by atoms with E-state index in [1.807, 2.05) is 0 Å². The highest BCUT2D eigenvalue weighted by Gasteiger charge is 2.21. The first-order valence-corrected chi connectivity index (χ1v) is 8.07. The number of thiophene rings is 1. The summed E-state index contributed by atoms with van der Waals surface area (Å²) in [6.45, 7) is 7.23. The minimum Gasteiger partial charge on any atom is -0.306 e. The molecule has 0 fully saturated rings. The van der Waals surface area contributed by atoms with Crippen molar-refractivity contribution in [3.8, 4) is 0 Å². The van der Waals surface area contributed by atoms with Gasteiger partial charge in [0.05, 0.1) is 16.7 Å². The van der Waals surface area contributed by atoms with Crippen molar-refractivity contribution in [1.82, 2.24) is 10.3 Å². The van der Waals surface area contributed by atoms with Crippen LogP contribution in [0.3, 0.4) is 0 Å². The highest BCUT2D eigenvalue weighted by atomic mass is 79.9. The van der Waals surface area contributed by atoms with Crippen molar-refractivity contribution in [2.75, 3.05) is 6.54 Å². The molecular weight excluding hydrogens is 316 g/mol. The lowest BCUT2D eigenvalue weighted by Gasteiger charge is -2.16. The van der Waals surface area contributed by atoms with Crippen LogP contribution < -0.4 is 5.32 Å². The van der Waals surface area contributed by atoms with Gasteiger partial charge >= 0.3 is 0 Å². The van der Waals surface area contributed by atoms with Crippen molar-refractivity contribution in [2.45, 2.75) is 26.8 Å². The molecule has 0 saturated carbocycles. The van der Waals surface area contributed by atoms with Gasteiger partial charge in [0.2, 0.25) is 0 Å². The first-order valence-electron chi connectivity index (χ1n) is 5.52. The fraction of sp³-hybridized carbons (Fsp3) is 0.417. The average molecular weight is 331 g/mol. The van der Waals surface area contributed by atoms with Crippen LogP contribution in [0, 0.1) is 13.8 Å². The fourth-order valence-corrected chi connectivity index (χ4v) is 4.43. The van der Waals surface area contributed by atoms with Crippen LogP contribution in [0.25, 0.3) is 0 Å². The van der Waals surface area contributed by atoms with Gasteiger partial charge in [0, 0.05) is 14.7 Å². The van der Waals surface area contributed by atoms with Gasteiger partial charge in [-0.15, -0.1) is 11.3 Å². The largest absolute Gasteiger partial charge is 0.306 e. The molecule has 0 spiro atoms. The molecule has 1 unspecified atom stereocenters. The van der Waals surface area contributed by atoms with Crippen LogP contribution >= 0.6 is 38.6 Å². The Hall–Kier alpha value is -0.230. The first kappa shape index (κ1) is 13.2. The highest BCUT2D eigenvalue weighted by molar-refractivity contribution is 9.10. The molecule has 2 heterocycles. The van der Waals surface area contributed by atoms with Gasteiger partial charge in [-0.25, -0.2) is 4.98 Å². The smallest absolute Gasteiger partial charge is 0.0900 e. The van der Waals surface area contributed by atoms with Crippen molar-refractivity contribution in [2.24, 2.45) is 0 Å². The van der Waals surface area contributed by atoms with E-state index >= 15 is 0 Å². The second kappa shape index (κ2) is 5.61. The third-order valence-electron chi connectivity index (χ3n) is 2.56. The number of aromatic nitrogens is 1. The molecule has 2 aromatic rings. The van der Waals surface area contributed by atoms with Crippen LogP contribution in [0.1, 0.15) is 34.1 Å².